The topological polar surface area (TPSA) is 42.7 Å². The fourth-order valence-electron chi connectivity index (χ4n) is 1.92. The number of rotatable bonds is 9. The third-order valence-corrected chi connectivity index (χ3v) is 3.11. The van der Waals surface area contributed by atoms with Gasteiger partial charge in [-0.05, 0) is 18.9 Å². The van der Waals surface area contributed by atoms with Crippen LogP contribution >= 0.6 is 0 Å². The average molecular weight is 238 g/mol. The maximum absolute atomic E-state index is 4.49. The van der Waals surface area contributed by atoms with Crippen molar-refractivity contribution < 1.29 is 0 Å². The molecule has 1 aromatic heterocycles. The van der Waals surface area contributed by atoms with E-state index in [1.54, 1.807) is 0 Å². The third kappa shape index (κ3) is 5.31. The molecule has 4 heteroatoms. The second-order valence-electron chi connectivity index (χ2n) is 4.58. The van der Waals surface area contributed by atoms with Crippen LogP contribution in [0.5, 0.6) is 0 Å². The van der Waals surface area contributed by atoms with Gasteiger partial charge in [0, 0.05) is 6.54 Å². The average Bonchev–Trinajstić information content (AvgIpc) is 2.79. The number of nitrogens with one attached hydrogen (secondary N) is 1. The zero-order valence-electron chi connectivity index (χ0n) is 11.4. The van der Waals surface area contributed by atoms with E-state index in [0.29, 0.717) is 0 Å². The molecule has 0 saturated heterocycles. The Labute approximate surface area is 105 Å². The summed E-state index contributed by atoms with van der Waals surface area (Å²) < 4.78 is 2.00. The van der Waals surface area contributed by atoms with Crippen LogP contribution in [0.1, 0.15) is 52.3 Å². The quantitative estimate of drug-likeness (QED) is 0.719. The molecule has 98 valence electrons. The van der Waals surface area contributed by atoms with Crippen molar-refractivity contribution in [3.05, 3.63) is 12.2 Å². The highest BCUT2D eigenvalue weighted by Gasteiger charge is 2.08. The lowest BCUT2D eigenvalue weighted by Gasteiger charge is -2.13. The molecule has 1 heterocycles. The van der Waals surface area contributed by atoms with E-state index in [-0.39, 0.29) is 0 Å². The molecule has 17 heavy (non-hydrogen) atoms. The Hall–Kier alpha value is -0.900. The molecule has 1 atom stereocenters. The van der Waals surface area contributed by atoms with Crippen LogP contribution in [0.25, 0.3) is 0 Å². The predicted molar refractivity (Wildman–Crippen MR) is 70.7 cm³/mol. The minimum Gasteiger partial charge on any atom is -0.310 e. The summed E-state index contributed by atoms with van der Waals surface area (Å²) >= 11 is 0. The molecule has 0 aliphatic heterocycles. The molecule has 0 amide bonds. The molecule has 1 aromatic rings. The van der Waals surface area contributed by atoms with Crippen molar-refractivity contribution in [2.45, 2.75) is 59.5 Å². The Bertz CT molecular complexity index is 295. The van der Waals surface area contributed by atoms with E-state index in [0.717, 1.165) is 31.4 Å². The Morgan fingerprint density at radius 2 is 2.18 bits per heavy atom. The van der Waals surface area contributed by atoms with E-state index in [1.807, 2.05) is 11.0 Å². The van der Waals surface area contributed by atoms with Crippen LogP contribution in [0.15, 0.2) is 6.33 Å². The molecule has 1 rings (SSSR count). The maximum atomic E-state index is 4.49. The highest BCUT2D eigenvalue weighted by atomic mass is 15.3. The van der Waals surface area contributed by atoms with Crippen molar-refractivity contribution in [2.24, 2.45) is 5.92 Å². The van der Waals surface area contributed by atoms with Gasteiger partial charge in [0.2, 0.25) is 0 Å². The second kappa shape index (κ2) is 8.23. The standard InChI is InChI=1S/C13H26N4/c1-4-7-8-12(5-2)10-17-11-15-13(16-17)9-14-6-3/h11-12,14H,4-10H2,1-3H3. The number of nitrogens with zero attached hydrogens (tertiary/aromatic N) is 3. The van der Waals surface area contributed by atoms with Crippen molar-refractivity contribution in [2.75, 3.05) is 6.54 Å². The summed E-state index contributed by atoms with van der Waals surface area (Å²) in [6.07, 6.45) is 6.98. The smallest absolute Gasteiger partial charge is 0.164 e. The minimum absolute atomic E-state index is 0.739. The van der Waals surface area contributed by atoms with Crippen LogP contribution in [0, 0.1) is 5.92 Å². The van der Waals surface area contributed by atoms with E-state index in [2.05, 4.69) is 36.2 Å². The fourth-order valence-corrected chi connectivity index (χ4v) is 1.92. The van der Waals surface area contributed by atoms with Crippen molar-refractivity contribution in [3.63, 3.8) is 0 Å². The maximum Gasteiger partial charge on any atom is 0.164 e. The molecule has 4 nitrogen and oxygen atoms in total. The van der Waals surface area contributed by atoms with Gasteiger partial charge in [0.15, 0.2) is 5.82 Å². The molecule has 0 fully saturated rings. The molecule has 0 bridgehead atoms. The Balaban J connectivity index is 2.40. The lowest BCUT2D eigenvalue weighted by Crippen LogP contribution is -2.14. The Morgan fingerprint density at radius 1 is 1.35 bits per heavy atom. The molecule has 0 saturated carbocycles. The number of hydrogen-bond donors (Lipinski definition) is 1. The largest absolute Gasteiger partial charge is 0.310 e. The van der Waals surface area contributed by atoms with Crippen LogP contribution in [-0.2, 0) is 13.1 Å². The monoisotopic (exact) mass is 238 g/mol. The van der Waals surface area contributed by atoms with Gasteiger partial charge >= 0.3 is 0 Å². The van der Waals surface area contributed by atoms with Gasteiger partial charge in [-0.25, -0.2) is 4.98 Å². The first kappa shape index (κ1) is 14.2. The van der Waals surface area contributed by atoms with Crippen LogP contribution < -0.4 is 5.32 Å². The van der Waals surface area contributed by atoms with Gasteiger partial charge in [0.05, 0.1) is 6.54 Å². The fraction of sp³-hybridized carbons (Fsp3) is 0.846. The van der Waals surface area contributed by atoms with Gasteiger partial charge in [0.25, 0.3) is 0 Å². The van der Waals surface area contributed by atoms with Crippen molar-refractivity contribution in [1.82, 2.24) is 20.1 Å². The number of aromatic nitrogens is 3. The summed E-state index contributed by atoms with van der Waals surface area (Å²) in [5, 5.41) is 7.73. The number of unbranched alkanes of at least 4 members (excludes halogenated alkanes) is 1. The predicted octanol–water partition coefficient (Wildman–Crippen LogP) is 2.60. The van der Waals surface area contributed by atoms with E-state index in [1.165, 1.54) is 25.7 Å². The molecule has 0 aliphatic rings. The van der Waals surface area contributed by atoms with E-state index in [9.17, 15) is 0 Å². The van der Waals surface area contributed by atoms with Gasteiger partial charge in [-0.1, -0.05) is 40.0 Å². The van der Waals surface area contributed by atoms with E-state index >= 15 is 0 Å². The lowest BCUT2D eigenvalue weighted by atomic mass is 10.00. The molecule has 1 N–H and O–H groups in total. The second-order valence-corrected chi connectivity index (χ2v) is 4.58. The number of hydrogen-bond acceptors (Lipinski definition) is 3. The van der Waals surface area contributed by atoms with Crippen molar-refractivity contribution >= 4 is 0 Å². The lowest BCUT2D eigenvalue weighted by molar-refractivity contribution is 0.370. The Morgan fingerprint density at radius 3 is 2.82 bits per heavy atom. The van der Waals surface area contributed by atoms with Gasteiger partial charge in [0.1, 0.15) is 6.33 Å². The summed E-state index contributed by atoms with van der Waals surface area (Å²) in [5.74, 6) is 1.64. The van der Waals surface area contributed by atoms with Crippen molar-refractivity contribution in [3.8, 4) is 0 Å². The van der Waals surface area contributed by atoms with E-state index < -0.39 is 0 Å². The molecule has 1 unspecified atom stereocenters. The first-order valence-electron chi connectivity index (χ1n) is 6.89. The highest BCUT2D eigenvalue weighted by Crippen LogP contribution is 2.14. The van der Waals surface area contributed by atoms with E-state index in [4.69, 9.17) is 0 Å². The molecular weight excluding hydrogens is 212 g/mol. The summed E-state index contributed by atoms with van der Waals surface area (Å²) in [6.45, 7) is 9.34. The van der Waals surface area contributed by atoms with Gasteiger partial charge in [-0.2, -0.15) is 5.10 Å². The van der Waals surface area contributed by atoms with Crippen LogP contribution in [-0.4, -0.2) is 21.3 Å². The third-order valence-electron chi connectivity index (χ3n) is 3.11. The van der Waals surface area contributed by atoms with Crippen LogP contribution in [0.3, 0.4) is 0 Å². The molecule has 0 radical (unpaired) electrons. The van der Waals surface area contributed by atoms with Gasteiger partial charge in [-0.15, -0.1) is 0 Å². The van der Waals surface area contributed by atoms with Crippen LogP contribution in [0.4, 0.5) is 0 Å². The van der Waals surface area contributed by atoms with Gasteiger partial charge in [-0.3, -0.25) is 4.68 Å². The molecule has 0 aliphatic carbocycles. The molecule has 0 aromatic carbocycles. The van der Waals surface area contributed by atoms with Crippen LogP contribution in [0.2, 0.25) is 0 Å². The van der Waals surface area contributed by atoms with Crippen molar-refractivity contribution in [1.29, 1.82) is 0 Å². The minimum atomic E-state index is 0.739. The summed E-state index contributed by atoms with van der Waals surface area (Å²) in [4.78, 5) is 4.31. The SMILES string of the molecule is CCCCC(CC)Cn1cnc(CNCC)n1. The molecular formula is C13H26N4. The summed E-state index contributed by atoms with van der Waals surface area (Å²) in [7, 11) is 0. The first-order chi connectivity index (χ1) is 8.30. The first-order valence-corrected chi connectivity index (χ1v) is 6.89. The molecule has 0 spiro atoms. The zero-order chi connectivity index (χ0) is 12.5. The van der Waals surface area contributed by atoms with Gasteiger partial charge < -0.3 is 5.32 Å². The summed E-state index contributed by atoms with van der Waals surface area (Å²) in [6, 6.07) is 0. The Kier molecular flexibility index (Phi) is 6.86. The summed E-state index contributed by atoms with van der Waals surface area (Å²) in [5.41, 5.74) is 0. The highest BCUT2D eigenvalue weighted by molar-refractivity contribution is 4.80. The zero-order valence-corrected chi connectivity index (χ0v) is 11.4. The normalized spacial score (nSPS) is 12.9.